The van der Waals surface area contributed by atoms with Crippen LogP contribution in [0.2, 0.25) is 0 Å². The van der Waals surface area contributed by atoms with E-state index in [1.165, 1.54) is 0 Å². The van der Waals surface area contributed by atoms with Crippen molar-refractivity contribution in [3.05, 3.63) is 0 Å². The molecule has 18 heavy (non-hydrogen) atoms. The van der Waals surface area contributed by atoms with Crippen LogP contribution in [0.4, 0.5) is 0 Å². The Labute approximate surface area is 109 Å². The van der Waals surface area contributed by atoms with Gasteiger partial charge in [0, 0.05) is 26.9 Å². The second-order valence-electron chi connectivity index (χ2n) is 4.21. The maximum atomic E-state index is 11.0. The first-order valence-electron chi connectivity index (χ1n) is 6.13. The largest absolute Gasteiger partial charge is 0.480 e. The third kappa shape index (κ3) is 7.60. The van der Waals surface area contributed by atoms with Crippen molar-refractivity contribution in [2.45, 2.75) is 25.3 Å². The summed E-state index contributed by atoms with van der Waals surface area (Å²) in [5.41, 5.74) is -0.922. The van der Waals surface area contributed by atoms with E-state index in [4.69, 9.17) is 19.3 Å². The highest BCUT2D eigenvalue weighted by atomic mass is 16.5. The maximum Gasteiger partial charge on any atom is 0.323 e. The fraction of sp³-hybridized carbons (Fsp3) is 0.917. The van der Waals surface area contributed by atoms with Gasteiger partial charge in [-0.25, -0.2) is 0 Å². The molecule has 1 atom stereocenters. The van der Waals surface area contributed by atoms with E-state index in [-0.39, 0.29) is 0 Å². The summed E-state index contributed by atoms with van der Waals surface area (Å²) in [6, 6.07) is 0. The van der Waals surface area contributed by atoms with Crippen LogP contribution in [0.25, 0.3) is 0 Å². The lowest BCUT2D eigenvalue weighted by molar-refractivity contribution is -0.144. The Bertz CT molecular complexity index is 225. The van der Waals surface area contributed by atoms with Crippen LogP contribution in [0, 0.1) is 0 Å². The monoisotopic (exact) mass is 263 g/mol. The molecular formula is C12H25NO5. The minimum Gasteiger partial charge on any atom is -0.480 e. The number of nitrogens with one attached hydrogen (secondary N) is 1. The second-order valence-corrected chi connectivity index (χ2v) is 4.21. The molecule has 0 amide bonds. The predicted octanol–water partition coefficient (Wildman–Crippen LogP) is 0.509. The van der Waals surface area contributed by atoms with Gasteiger partial charge in [0.1, 0.15) is 5.54 Å². The summed E-state index contributed by atoms with van der Waals surface area (Å²) in [6.07, 6.45) is 1.23. The maximum absolute atomic E-state index is 11.0. The molecule has 0 spiro atoms. The van der Waals surface area contributed by atoms with Crippen LogP contribution >= 0.6 is 0 Å². The third-order valence-corrected chi connectivity index (χ3v) is 2.78. The van der Waals surface area contributed by atoms with Crippen LogP contribution < -0.4 is 5.32 Å². The molecule has 0 fully saturated rings. The van der Waals surface area contributed by atoms with Crippen LogP contribution in [0.15, 0.2) is 0 Å². The first-order chi connectivity index (χ1) is 8.56. The number of carboxylic acid groups (broad SMARTS) is 1. The minimum atomic E-state index is -0.922. The summed E-state index contributed by atoms with van der Waals surface area (Å²) in [4.78, 5) is 11.0. The van der Waals surface area contributed by atoms with Gasteiger partial charge in [0.15, 0.2) is 0 Å². The number of hydrogen-bond donors (Lipinski definition) is 2. The molecule has 0 aliphatic rings. The molecule has 6 nitrogen and oxygen atoms in total. The Morgan fingerprint density at radius 3 is 2.28 bits per heavy atom. The van der Waals surface area contributed by atoms with Crippen LogP contribution in [0.5, 0.6) is 0 Å². The van der Waals surface area contributed by atoms with Crippen molar-refractivity contribution >= 4 is 5.97 Å². The van der Waals surface area contributed by atoms with E-state index in [1.807, 2.05) is 0 Å². The van der Waals surface area contributed by atoms with Gasteiger partial charge >= 0.3 is 5.97 Å². The van der Waals surface area contributed by atoms with Gasteiger partial charge in [-0.1, -0.05) is 0 Å². The van der Waals surface area contributed by atoms with Crippen molar-refractivity contribution in [2.24, 2.45) is 0 Å². The molecule has 0 aliphatic carbocycles. The molecule has 2 N–H and O–H groups in total. The van der Waals surface area contributed by atoms with Crippen LogP contribution in [0.1, 0.15) is 19.8 Å². The molecule has 1 unspecified atom stereocenters. The van der Waals surface area contributed by atoms with Gasteiger partial charge in [0.25, 0.3) is 0 Å². The average Bonchev–Trinajstić information content (AvgIpc) is 2.36. The number of ether oxygens (including phenoxy) is 3. The number of hydrogen-bond acceptors (Lipinski definition) is 5. The fourth-order valence-corrected chi connectivity index (χ4v) is 1.22. The average molecular weight is 263 g/mol. The highest BCUT2D eigenvalue weighted by molar-refractivity contribution is 5.78. The van der Waals surface area contributed by atoms with Gasteiger partial charge in [-0.15, -0.1) is 0 Å². The lowest BCUT2D eigenvalue weighted by Gasteiger charge is -2.23. The predicted molar refractivity (Wildman–Crippen MR) is 67.8 cm³/mol. The summed E-state index contributed by atoms with van der Waals surface area (Å²) < 4.78 is 15.5. The number of rotatable bonds is 12. The summed E-state index contributed by atoms with van der Waals surface area (Å²) >= 11 is 0. The van der Waals surface area contributed by atoms with Crippen LogP contribution in [0.3, 0.4) is 0 Å². The standard InChI is InChI=1S/C12H25NO5/c1-12(13-2,11(14)15)5-8-17-6-4-7-18-10-9-16-3/h13H,4-10H2,1-3H3,(H,14,15). The molecule has 0 heterocycles. The molecule has 0 aromatic heterocycles. The van der Waals surface area contributed by atoms with Crippen molar-refractivity contribution in [1.82, 2.24) is 5.32 Å². The Hall–Kier alpha value is -0.690. The van der Waals surface area contributed by atoms with Gasteiger partial charge < -0.3 is 24.6 Å². The van der Waals surface area contributed by atoms with E-state index in [0.29, 0.717) is 39.5 Å². The number of carbonyl (C=O) groups is 1. The van der Waals surface area contributed by atoms with Crippen molar-refractivity contribution < 1.29 is 24.1 Å². The molecule has 0 aromatic rings. The number of methoxy groups -OCH3 is 1. The fourth-order valence-electron chi connectivity index (χ4n) is 1.22. The van der Waals surface area contributed by atoms with Crippen molar-refractivity contribution in [1.29, 1.82) is 0 Å². The number of carboxylic acids is 1. The smallest absolute Gasteiger partial charge is 0.323 e. The molecule has 0 rings (SSSR count). The molecule has 0 saturated carbocycles. The summed E-state index contributed by atoms with van der Waals surface area (Å²) in [6.45, 7) is 4.46. The van der Waals surface area contributed by atoms with Gasteiger partial charge in [0.2, 0.25) is 0 Å². The topological polar surface area (TPSA) is 77.0 Å². The van der Waals surface area contributed by atoms with E-state index in [0.717, 1.165) is 6.42 Å². The normalized spacial score (nSPS) is 14.4. The zero-order chi connectivity index (χ0) is 13.9. The Kier molecular flexibility index (Phi) is 9.86. The van der Waals surface area contributed by atoms with Crippen LogP contribution in [-0.4, -0.2) is 63.8 Å². The summed E-state index contributed by atoms with van der Waals surface area (Å²) in [5.74, 6) is -0.864. The van der Waals surface area contributed by atoms with E-state index in [9.17, 15) is 4.79 Å². The molecule has 0 aromatic carbocycles. The van der Waals surface area contributed by atoms with Gasteiger partial charge in [-0.3, -0.25) is 4.79 Å². The molecule has 0 radical (unpaired) electrons. The lowest BCUT2D eigenvalue weighted by Crippen LogP contribution is -2.48. The van der Waals surface area contributed by atoms with E-state index >= 15 is 0 Å². The Morgan fingerprint density at radius 2 is 1.78 bits per heavy atom. The number of aliphatic carboxylic acids is 1. The lowest BCUT2D eigenvalue weighted by atomic mass is 9.99. The third-order valence-electron chi connectivity index (χ3n) is 2.78. The van der Waals surface area contributed by atoms with Gasteiger partial charge in [-0.05, 0) is 26.8 Å². The highest BCUT2D eigenvalue weighted by Crippen LogP contribution is 2.09. The van der Waals surface area contributed by atoms with Gasteiger partial charge in [-0.2, -0.15) is 0 Å². The van der Waals surface area contributed by atoms with Crippen molar-refractivity contribution in [3.63, 3.8) is 0 Å². The first kappa shape index (κ1) is 17.3. The van der Waals surface area contributed by atoms with Crippen LogP contribution in [-0.2, 0) is 19.0 Å². The Balaban J connectivity index is 3.42. The molecular weight excluding hydrogens is 238 g/mol. The molecule has 0 aliphatic heterocycles. The van der Waals surface area contributed by atoms with E-state index in [2.05, 4.69) is 5.32 Å². The second kappa shape index (κ2) is 10.3. The summed E-state index contributed by atoms with van der Waals surface area (Å²) in [7, 11) is 3.27. The summed E-state index contributed by atoms with van der Waals surface area (Å²) in [5, 5.41) is 11.8. The molecule has 6 heteroatoms. The zero-order valence-electron chi connectivity index (χ0n) is 11.5. The Morgan fingerprint density at radius 1 is 1.17 bits per heavy atom. The SMILES string of the molecule is CNC(C)(CCOCCCOCCOC)C(=O)O. The quantitative estimate of drug-likeness (QED) is 0.500. The zero-order valence-corrected chi connectivity index (χ0v) is 11.5. The minimum absolute atomic E-state index is 0.418. The van der Waals surface area contributed by atoms with Gasteiger partial charge in [0.05, 0.1) is 13.2 Å². The number of likely N-dealkylation sites (N-methyl/N-ethyl adjacent to an activating group) is 1. The van der Waals surface area contributed by atoms with Crippen molar-refractivity contribution in [3.8, 4) is 0 Å². The first-order valence-corrected chi connectivity index (χ1v) is 6.13. The molecule has 0 bridgehead atoms. The molecule has 0 saturated heterocycles. The van der Waals surface area contributed by atoms with Crippen molar-refractivity contribution in [2.75, 3.05) is 47.2 Å². The van der Waals surface area contributed by atoms with E-state index < -0.39 is 11.5 Å². The highest BCUT2D eigenvalue weighted by Gasteiger charge is 2.30. The molecule has 108 valence electrons. The van der Waals surface area contributed by atoms with E-state index in [1.54, 1.807) is 21.1 Å².